The Kier molecular flexibility index (Phi) is 5.02. The van der Waals surface area contributed by atoms with Crippen molar-refractivity contribution < 1.29 is 4.12 Å². The van der Waals surface area contributed by atoms with Crippen molar-refractivity contribution in [3.63, 3.8) is 0 Å². The molecule has 0 aromatic carbocycles. The highest BCUT2D eigenvalue weighted by atomic mass is 28.4. The number of hydrogen-bond donors (Lipinski definition) is 0. The zero-order valence-corrected chi connectivity index (χ0v) is 13.6. The Hall–Kier alpha value is 0.134. The summed E-state index contributed by atoms with van der Waals surface area (Å²) in [5.41, 5.74) is 2.46. The van der Waals surface area contributed by atoms with Crippen LogP contribution in [0.15, 0.2) is 12.3 Å². The van der Waals surface area contributed by atoms with Gasteiger partial charge in [-0.2, -0.15) is 0 Å². The van der Waals surface area contributed by atoms with E-state index >= 15 is 0 Å². The standard InChI is InChI=1S/C12H28OSi2/c1-9-14(5,6)13-15(7,8)11-10-12(2,3)4/h9H,1,10-11H2,2-8H3. The van der Waals surface area contributed by atoms with Gasteiger partial charge in [-0.1, -0.05) is 26.5 Å². The summed E-state index contributed by atoms with van der Waals surface area (Å²) >= 11 is 0. The predicted molar refractivity (Wildman–Crippen MR) is 75.1 cm³/mol. The molecule has 0 aliphatic carbocycles. The molecule has 3 heteroatoms. The summed E-state index contributed by atoms with van der Waals surface area (Å²) in [5, 5.41) is 0. The molecule has 0 spiro atoms. The molecule has 0 aromatic heterocycles. The molecule has 0 amide bonds. The fourth-order valence-electron chi connectivity index (χ4n) is 1.48. The van der Waals surface area contributed by atoms with E-state index in [0.717, 1.165) is 0 Å². The van der Waals surface area contributed by atoms with E-state index in [0.29, 0.717) is 5.41 Å². The SMILES string of the molecule is C=C[Si](C)(C)O[Si](C)(C)CCC(C)(C)C. The van der Waals surface area contributed by atoms with E-state index in [9.17, 15) is 0 Å². The average Bonchev–Trinajstić information content (AvgIpc) is 1.98. The molecule has 0 aliphatic heterocycles. The van der Waals surface area contributed by atoms with Crippen LogP contribution in [-0.4, -0.2) is 16.6 Å². The Labute approximate surface area is 98.2 Å². The molecule has 0 saturated heterocycles. The van der Waals surface area contributed by atoms with E-state index in [-0.39, 0.29) is 0 Å². The summed E-state index contributed by atoms with van der Waals surface area (Å²) in [6.07, 6.45) is 1.26. The van der Waals surface area contributed by atoms with Crippen LogP contribution in [0.5, 0.6) is 0 Å². The predicted octanol–water partition coefficient (Wildman–Crippen LogP) is 4.57. The van der Waals surface area contributed by atoms with Gasteiger partial charge in [-0.3, -0.25) is 0 Å². The molecule has 0 unspecified atom stereocenters. The fraction of sp³-hybridized carbons (Fsp3) is 0.833. The maximum atomic E-state index is 6.33. The number of hydrogen-bond acceptors (Lipinski definition) is 1. The van der Waals surface area contributed by atoms with Gasteiger partial charge in [0.15, 0.2) is 16.6 Å². The summed E-state index contributed by atoms with van der Waals surface area (Å²) in [4.78, 5) is 0. The van der Waals surface area contributed by atoms with Gasteiger partial charge in [-0.15, -0.1) is 6.58 Å². The molecular weight excluding hydrogens is 216 g/mol. The Balaban J connectivity index is 4.25. The van der Waals surface area contributed by atoms with Gasteiger partial charge in [0.1, 0.15) is 0 Å². The van der Waals surface area contributed by atoms with Gasteiger partial charge in [0.2, 0.25) is 0 Å². The summed E-state index contributed by atoms with van der Waals surface area (Å²) in [5.74, 6) is 0. The molecule has 1 nitrogen and oxygen atoms in total. The zero-order valence-electron chi connectivity index (χ0n) is 11.6. The quantitative estimate of drug-likeness (QED) is 0.644. The second kappa shape index (κ2) is 4.98. The second-order valence-corrected chi connectivity index (χ2v) is 15.2. The minimum atomic E-state index is -1.58. The third-order valence-corrected chi connectivity index (χ3v) is 9.26. The van der Waals surface area contributed by atoms with Crippen LogP contribution in [0.4, 0.5) is 0 Å². The van der Waals surface area contributed by atoms with Crippen LogP contribution in [0.2, 0.25) is 32.2 Å². The lowest BCUT2D eigenvalue weighted by atomic mass is 9.94. The van der Waals surface area contributed by atoms with Crippen LogP contribution in [0.25, 0.3) is 0 Å². The van der Waals surface area contributed by atoms with Crippen LogP contribution < -0.4 is 0 Å². The van der Waals surface area contributed by atoms with Crippen molar-refractivity contribution in [1.82, 2.24) is 0 Å². The average molecular weight is 245 g/mol. The first-order chi connectivity index (χ1) is 6.47. The summed E-state index contributed by atoms with van der Waals surface area (Å²) < 4.78 is 6.33. The van der Waals surface area contributed by atoms with E-state index in [1.54, 1.807) is 0 Å². The van der Waals surface area contributed by atoms with Crippen LogP contribution >= 0.6 is 0 Å². The molecule has 15 heavy (non-hydrogen) atoms. The monoisotopic (exact) mass is 244 g/mol. The second-order valence-electron chi connectivity index (χ2n) is 6.73. The molecule has 0 aromatic rings. The Bertz CT molecular complexity index is 214. The van der Waals surface area contributed by atoms with Crippen molar-refractivity contribution in [3.8, 4) is 0 Å². The van der Waals surface area contributed by atoms with Crippen LogP contribution in [0.1, 0.15) is 27.2 Å². The molecule has 0 bridgehead atoms. The zero-order chi connectivity index (χ0) is 12.3. The van der Waals surface area contributed by atoms with E-state index in [1.165, 1.54) is 12.5 Å². The van der Waals surface area contributed by atoms with Gasteiger partial charge in [-0.05, 0) is 44.1 Å². The van der Waals surface area contributed by atoms with E-state index < -0.39 is 16.6 Å². The molecule has 0 saturated carbocycles. The summed E-state index contributed by atoms with van der Waals surface area (Å²) in [6.45, 7) is 19.9. The third-order valence-electron chi connectivity index (χ3n) is 2.51. The number of rotatable bonds is 5. The van der Waals surface area contributed by atoms with Gasteiger partial charge >= 0.3 is 0 Å². The molecule has 90 valence electrons. The van der Waals surface area contributed by atoms with Gasteiger partial charge in [-0.25, -0.2) is 0 Å². The Morgan fingerprint density at radius 1 is 1.13 bits per heavy atom. The van der Waals surface area contributed by atoms with Crippen LogP contribution in [0.3, 0.4) is 0 Å². The van der Waals surface area contributed by atoms with Crippen molar-refractivity contribution in [2.45, 2.75) is 59.4 Å². The van der Waals surface area contributed by atoms with Crippen molar-refractivity contribution in [3.05, 3.63) is 12.3 Å². The first-order valence-corrected chi connectivity index (χ1v) is 11.9. The highest BCUT2D eigenvalue weighted by Crippen LogP contribution is 2.28. The molecule has 0 N–H and O–H groups in total. The van der Waals surface area contributed by atoms with E-state index in [2.05, 4.69) is 53.5 Å². The highest BCUT2D eigenvalue weighted by Gasteiger charge is 2.31. The van der Waals surface area contributed by atoms with Crippen molar-refractivity contribution in [2.24, 2.45) is 5.41 Å². The van der Waals surface area contributed by atoms with E-state index in [4.69, 9.17) is 4.12 Å². The maximum Gasteiger partial charge on any atom is 0.197 e. The van der Waals surface area contributed by atoms with Gasteiger partial charge in [0.05, 0.1) is 0 Å². The molecule has 0 atom stereocenters. The Morgan fingerprint density at radius 3 is 1.93 bits per heavy atom. The van der Waals surface area contributed by atoms with Crippen molar-refractivity contribution in [1.29, 1.82) is 0 Å². The van der Waals surface area contributed by atoms with Crippen LogP contribution in [0, 0.1) is 5.41 Å². The van der Waals surface area contributed by atoms with Crippen LogP contribution in [-0.2, 0) is 4.12 Å². The molecule has 0 fully saturated rings. The first kappa shape index (κ1) is 15.1. The minimum absolute atomic E-state index is 0.424. The van der Waals surface area contributed by atoms with Gasteiger partial charge in [0.25, 0.3) is 0 Å². The minimum Gasteiger partial charge on any atom is -0.453 e. The fourth-order valence-corrected chi connectivity index (χ4v) is 9.27. The summed E-state index contributed by atoms with van der Waals surface area (Å²) in [6, 6.07) is 1.25. The third kappa shape index (κ3) is 7.99. The lowest BCUT2D eigenvalue weighted by molar-refractivity contribution is 0.387. The highest BCUT2D eigenvalue weighted by molar-refractivity contribution is 6.87. The molecular formula is C12H28OSi2. The summed E-state index contributed by atoms with van der Waals surface area (Å²) in [7, 11) is -3.06. The van der Waals surface area contributed by atoms with Crippen molar-refractivity contribution in [2.75, 3.05) is 0 Å². The molecule has 0 heterocycles. The molecule has 0 rings (SSSR count). The largest absolute Gasteiger partial charge is 0.453 e. The smallest absolute Gasteiger partial charge is 0.197 e. The lowest BCUT2D eigenvalue weighted by Crippen LogP contribution is -2.43. The topological polar surface area (TPSA) is 9.23 Å². The lowest BCUT2D eigenvalue weighted by Gasteiger charge is -2.33. The van der Waals surface area contributed by atoms with E-state index in [1.807, 2.05) is 5.70 Å². The molecule has 0 radical (unpaired) electrons. The van der Waals surface area contributed by atoms with Gasteiger partial charge in [0, 0.05) is 0 Å². The Morgan fingerprint density at radius 2 is 1.60 bits per heavy atom. The first-order valence-electron chi connectivity index (χ1n) is 5.81. The molecule has 0 aliphatic rings. The van der Waals surface area contributed by atoms with Gasteiger partial charge < -0.3 is 4.12 Å². The van der Waals surface area contributed by atoms with Crippen molar-refractivity contribution >= 4 is 16.6 Å². The normalized spacial score (nSPS) is 14.1. The maximum absolute atomic E-state index is 6.33.